The number of pyridine rings is 1. The quantitative estimate of drug-likeness (QED) is 0.356. The first kappa shape index (κ1) is 20.6. The molecular formula is C11H13F6NO3S. The highest BCUT2D eigenvalue weighted by Crippen LogP contribution is 2.28. The molecule has 1 aromatic heterocycles. The molecule has 0 saturated heterocycles. The van der Waals surface area contributed by atoms with E-state index < -0.39 is 27.5 Å². The van der Waals surface area contributed by atoms with E-state index in [-0.39, 0.29) is 5.56 Å². The Hall–Kier alpha value is -1.36. The molecule has 0 radical (unpaired) electrons. The molecule has 0 spiro atoms. The molecular weight excluding hydrogens is 340 g/mol. The number of nitrogens with zero attached hydrogens (tertiary/aromatic N) is 1. The lowest BCUT2D eigenvalue weighted by Crippen LogP contribution is -2.42. The highest BCUT2D eigenvalue weighted by molar-refractivity contribution is 7.86. The van der Waals surface area contributed by atoms with Crippen LogP contribution in [0.4, 0.5) is 26.3 Å². The van der Waals surface area contributed by atoms with E-state index in [0.29, 0.717) is 13.0 Å². The Morgan fingerprint density at radius 1 is 1.18 bits per heavy atom. The molecule has 0 amide bonds. The molecule has 0 fully saturated rings. The Morgan fingerprint density at radius 3 is 1.95 bits per heavy atom. The summed E-state index contributed by atoms with van der Waals surface area (Å²) < 4.78 is 98.0. The Morgan fingerprint density at radius 2 is 1.64 bits per heavy atom. The summed E-state index contributed by atoms with van der Waals surface area (Å²) in [6.07, 6.45) is -2.10. The van der Waals surface area contributed by atoms with Crippen molar-refractivity contribution in [3.8, 4) is 0 Å². The largest absolute Gasteiger partial charge is 0.741 e. The van der Waals surface area contributed by atoms with Crippen LogP contribution < -0.4 is 4.57 Å². The van der Waals surface area contributed by atoms with Crippen molar-refractivity contribution >= 4 is 10.1 Å². The van der Waals surface area contributed by atoms with Gasteiger partial charge in [0.25, 0.3) is 5.69 Å². The third-order valence-electron chi connectivity index (χ3n) is 2.29. The maximum atomic E-state index is 12.6. The van der Waals surface area contributed by atoms with Crippen LogP contribution in [0.3, 0.4) is 0 Å². The number of aryl methyl sites for hydroxylation is 2. The second kappa shape index (κ2) is 7.27. The minimum atomic E-state index is -6.09. The number of aromatic nitrogens is 1. The number of alkyl halides is 6. The predicted molar refractivity (Wildman–Crippen MR) is 62.4 cm³/mol. The monoisotopic (exact) mass is 353 g/mol. The van der Waals surface area contributed by atoms with E-state index in [1.165, 1.54) is 23.8 Å². The van der Waals surface area contributed by atoms with Crippen molar-refractivity contribution in [2.75, 3.05) is 0 Å². The summed E-state index contributed by atoms with van der Waals surface area (Å²) in [4.78, 5) is 0. The van der Waals surface area contributed by atoms with Gasteiger partial charge in [0.1, 0.15) is 6.54 Å². The molecule has 1 rings (SSSR count). The molecule has 4 nitrogen and oxygen atoms in total. The summed E-state index contributed by atoms with van der Waals surface area (Å²) in [5.74, 6) is 0. The Bertz CT molecular complexity index is 595. The highest BCUT2D eigenvalue weighted by Gasteiger charge is 2.42. The lowest BCUT2D eigenvalue weighted by Gasteiger charge is -2.08. The van der Waals surface area contributed by atoms with E-state index in [1.807, 2.05) is 6.92 Å². The lowest BCUT2D eigenvalue weighted by molar-refractivity contribution is -0.715. The SMILES string of the molecule is CCC[n+]1cccc(C)c1C(F)(F)F.O=S(=O)([O-])C(F)(F)F. The van der Waals surface area contributed by atoms with E-state index in [4.69, 9.17) is 13.0 Å². The van der Waals surface area contributed by atoms with Crippen molar-refractivity contribution in [2.24, 2.45) is 0 Å². The molecule has 22 heavy (non-hydrogen) atoms. The molecule has 0 atom stereocenters. The third kappa shape index (κ3) is 6.18. The van der Waals surface area contributed by atoms with E-state index in [0.717, 1.165) is 0 Å². The van der Waals surface area contributed by atoms with Gasteiger partial charge in [-0.3, -0.25) is 0 Å². The summed E-state index contributed by atoms with van der Waals surface area (Å²) in [7, 11) is -6.09. The van der Waals surface area contributed by atoms with Gasteiger partial charge in [0, 0.05) is 18.1 Å². The first-order chi connectivity index (χ1) is 9.71. The first-order valence-corrected chi connectivity index (χ1v) is 7.21. The van der Waals surface area contributed by atoms with Crippen molar-refractivity contribution in [3.63, 3.8) is 0 Å². The molecule has 1 aromatic rings. The molecule has 0 unspecified atom stereocenters. The van der Waals surface area contributed by atoms with Crippen LogP contribution in [-0.4, -0.2) is 18.5 Å². The fraction of sp³-hybridized carbons (Fsp3) is 0.545. The summed E-state index contributed by atoms with van der Waals surface area (Å²) in [6, 6.07) is 3.12. The van der Waals surface area contributed by atoms with Gasteiger partial charge in [-0.2, -0.15) is 30.9 Å². The van der Waals surface area contributed by atoms with Crippen LogP contribution in [0.5, 0.6) is 0 Å². The number of hydrogen-bond donors (Lipinski definition) is 0. The van der Waals surface area contributed by atoms with Gasteiger partial charge in [-0.05, 0) is 13.0 Å². The Labute approximate surface area is 123 Å². The van der Waals surface area contributed by atoms with Crippen LogP contribution in [0, 0.1) is 6.92 Å². The second-order valence-electron chi connectivity index (χ2n) is 4.13. The molecule has 0 N–H and O–H groups in total. The summed E-state index contributed by atoms with van der Waals surface area (Å²) in [6.45, 7) is 3.74. The van der Waals surface area contributed by atoms with E-state index in [9.17, 15) is 26.3 Å². The van der Waals surface area contributed by atoms with Gasteiger partial charge in [-0.1, -0.05) is 6.92 Å². The summed E-state index contributed by atoms with van der Waals surface area (Å²) in [5, 5.41) is 0. The van der Waals surface area contributed by atoms with Crippen molar-refractivity contribution < 1.29 is 43.9 Å². The average Bonchev–Trinajstić information content (AvgIpc) is 2.25. The van der Waals surface area contributed by atoms with Crippen LogP contribution in [-0.2, 0) is 22.8 Å². The van der Waals surface area contributed by atoms with Crippen LogP contribution in [0.15, 0.2) is 18.3 Å². The van der Waals surface area contributed by atoms with Gasteiger partial charge in [-0.25, -0.2) is 8.42 Å². The molecule has 128 valence electrons. The zero-order valence-corrected chi connectivity index (χ0v) is 12.3. The fourth-order valence-electron chi connectivity index (χ4n) is 1.48. The predicted octanol–water partition coefficient (Wildman–Crippen LogP) is 2.76. The minimum Gasteiger partial charge on any atom is -0.741 e. The molecule has 0 aliphatic rings. The van der Waals surface area contributed by atoms with Crippen molar-refractivity contribution in [3.05, 3.63) is 29.6 Å². The minimum absolute atomic E-state index is 0.272. The number of halogens is 6. The molecule has 0 aliphatic heterocycles. The smallest absolute Gasteiger partial charge is 0.485 e. The topological polar surface area (TPSA) is 61.1 Å². The van der Waals surface area contributed by atoms with Gasteiger partial charge in [0.2, 0.25) is 0 Å². The van der Waals surface area contributed by atoms with Gasteiger partial charge < -0.3 is 4.55 Å². The highest BCUT2D eigenvalue weighted by atomic mass is 32.2. The standard InChI is InChI=1S/C10H13F3N.CHF3O3S/c1-3-6-14-7-4-5-8(2)9(14)10(11,12)13;2-1(3,4)8(5,6)7/h4-5,7H,3,6H2,1-2H3;(H,5,6,7)/q+1;/p-1. The fourth-order valence-corrected chi connectivity index (χ4v) is 1.48. The Kier molecular flexibility index (Phi) is 6.82. The van der Waals surface area contributed by atoms with Crippen molar-refractivity contribution in [1.29, 1.82) is 0 Å². The Balaban J connectivity index is 0.000000472. The molecule has 0 aromatic carbocycles. The van der Waals surface area contributed by atoms with Gasteiger partial charge >= 0.3 is 11.7 Å². The summed E-state index contributed by atoms with van der Waals surface area (Å²) in [5.41, 5.74) is -5.91. The maximum absolute atomic E-state index is 12.6. The molecule has 0 bridgehead atoms. The second-order valence-corrected chi connectivity index (χ2v) is 5.50. The van der Waals surface area contributed by atoms with Gasteiger partial charge in [0.05, 0.1) is 0 Å². The van der Waals surface area contributed by atoms with Gasteiger partial charge in [0.15, 0.2) is 16.3 Å². The van der Waals surface area contributed by atoms with Crippen LogP contribution in [0.2, 0.25) is 0 Å². The maximum Gasteiger partial charge on any atom is 0.485 e. The van der Waals surface area contributed by atoms with Crippen molar-refractivity contribution in [2.45, 2.75) is 38.5 Å². The first-order valence-electron chi connectivity index (χ1n) is 5.80. The van der Waals surface area contributed by atoms with Gasteiger partial charge in [-0.15, -0.1) is 0 Å². The molecule has 0 aliphatic carbocycles. The van der Waals surface area contributed by atoms with Crippen LogP contribution in [0.1, 0.15) is 24.6 Å². The molecule has 0 saturated carbocycles. The third-order valence-corrected chi connectivity index (χ3v) is 2.86. The van der Waals surface area contributed by atoms with E-state index >= 15 is 0 Å². The normalized spacial score (nSPS) is 12.6. The van der Waals surface area contributed by atoms with E-state index in [2.05, 4.69) is 0 Å². The van der Waals surface area contributed by atoms with Crippen molar-refractivity contribution in [1.82, 2.24) is 0 Å². The average molecular weight is 353 g/mol. The van der Waals surface area contributed by atoms with Crippen LogP contribution in [0.25, 0.3) is 0 Å². The summed E-state index contributed by atoms with van der Waals surface area (Å²) >= 11 is 0. The van der Waals surface area contributed by atoms with Crippen LogP contribution >= 0.6 is 0 Å². The zero-order chi connectivity index (χ0) is 17.8. The lowest BCUT2D eigenvalue weighted by atomic mass is 10.2. The zero-order valence-electron chi connectivity index (χ0n) is 11.5. The molecule has 11 heteroatoms. The number of rotatable bonds is 2. The van der Waals surface area contributed by atoms with E-state index in [1.54, 1.807) is 6.07 Å². The molecule has 1 heterocycles. The number of hydrogen-bond acceptors (Lipinski definition) is 3.